The van der Waals surface area contributed by atoms with Crippen molar-refractivity contribution in [2.75, 3.05) is 24.6 Å². The van der Waals surface area contributed by atoms with Crippen LogP contribution in [-0.2, 0) is 16.4 Å². The van der Waals surface area contributed by atoms with Crippen molar-refractivity contribution in [3.63, 3.8) is 0 Å². The van der Waals surface area contributed by atoms with E-state index in [1.165, 1.54) is 32.1 Å². The monoisotopic (exact) mass is 366 g/mol. The standard InChI is InChI=1S/C18H30N4O2S/c23-25(24)11-8-17(13-25)21-9-6-16(7-10-21)18-19-14-20-22(18)12-15-4-2-1-3-5-15/h14-17H,1-13H2. The first-order valence-electron chi connectivity index (χ1n) is 9.93. The van der Waals surface area contributed by atoms with Gasteiger partial charge in [0, 0.05) is 18.5 Å². The molecule has 1 atom stereocenters. The second kappa shape index (κ2) is 7.35. The van der Waals surface area contributed by atoms with Crippen LogP contribution in [0.4, 0.5) is 0 Å². The highest BCUT2D eigenvalue weighted by molar-refractivity contribution is 7.91. The van der Waals surface area contributed by atoms with Gasteiger partial charge in [-0.3, -0.25) is 4.90 Å². The Labute approximate surface area is 150 Å². The molecule has 4 rings (SSSR count). The Morgan fingerprint density at radius 2 is 1.80 bits per heavy atom. The molecule has 140 valence electrons. The molecule has 2 saturated heterocycles. The molecule has 1 aromatic rings. The molecule has 3 heterocycles. The third kappa shape index (κ3) is 4.08. The molecular formula is C18H30N4O2S. The molecule has 0 N–H and O–H groups in total. The Balaban J connectivity index is 1.34. The third-order valence-electron chi connectivity index (χ3n) is 6.42. The SMILES string of the molecule is O=S1(=O)CCC(N2CCC(c3ncnn3CC3CCCCC3)CC2)C1. The summed E-state index contributed by atoms with van der Waals surface area (Å²) in [6, 6.07) is 0.242. The summed E-state index contributed by atoms with van der Waals surface area (Å²) in [4.78, 5) is 6.98. The fourth-order valence-electron chi connectivity index (χ4n) is 4.93. The molecular weight excluding hydrogens is 336 g/mol. The van der Waals surface area contributed by atoms with Gasteiger partial charge in [-0.25, -0.2) is 18.1 Å². The molecule has 6 nitrogen and oxygen atoms in total. The largest absolute Gasteiger partial charge is 0.299 e. The summed E-state index contributed by atoms with van der Waals surface area (Å²) in [5, 5.41) is 4.51. The van der Waals surface area contributed by atoms with Gasteiger partial charge in [0.15, 0.2) is 9.84 Å². The zero-order valence-electron chi connectivity index (χ0n) is 15.0. The van der Waals surface area contributed by atoms with Crippen molar-refractivity contribution in [1.82, 2.24) is 19.7 Å². The minimum absolute atomic E-state index is 0.242. The molecule has 3 fully saturated rings. The summed E-state index contributed by atoms with van der Waals surface area (Å²) < 4.78 is 25.6. The van der Waals surface area contributed by atoms with Gasteiger partial charge in [0.1, 0.15) is 12.2 Å². The van der Waals surface area contributed by atoms with Crippen molar-refractivity contribution in [1.29, 1.82) is 0 Å². The number of piperidine rings is 1. The minimum Gasteiger partial charge on any atom is -0.299 e. The predicted molar refractivity (Wildman–Crippen MR) is 97.2 cm³/mol. The molecule has 0 spiro atoms. The van der Waals surface area contributed by atoms with Crippen molar-refractivity contribution in [2.24, 2.45) is 5.92 Å². The highest BCUT2D eigenvalue weighted by atomic mass is 32.2. The average Bonchev–Trinajstić information content (AvgIpc) is 3.22. The van der Waals surface area contributed by atoms with Gasteiger partial charge >= 0.3 is 0 Å². The van der Waals surface area contributed by atoms with Crippen LogP contribution in [0.3, 0.4) is 0 Å². The van der Waals surface area contributed by atoms with E-state index in [0.29, 0.717) is 17.4 Å². The van der Waals surface area contributed by atoms with Crippen LogP contribution in [0.1, 0.15) is 63.1 Å². The molecule has 2 aliphatic heterocycles. The van der Waals surface area contributed by atoms with Gasteiger partial charge in [-0.05, 0) is 51.1 Å². The number of sulfone groups is 1. The first-order chi connectivity index (χ1) is 12.1. The first kappa shape index (κ1) is 17.5. The van der Waals surface area contributed by atoms with E-state index in [-0.39, 0.29) is 6.04 Å². The molecule has 25 heavy (non-hydrogen) atoms. The molecule has 0 radical (unpaired) electrons. The van der Waals surface area contributed by atoms with E-state index in [2.05, 4.69) is 19.7 Å². The van der Waals surface area contributed by atoms with E-state index in [1.807, 2.05) is 0 Å². The van der Waals surface area contributed by atoms with Gasteiger partial charge in [0.2, 0.25) is 0 Å². The molecule has 1 aromatic heterocycles. The molecule has 0 bridgehead atoms. The Hall–Kier alpha value is -0.950. The normalized spacial score (nSPS) is 29.2. The summed E-state index contributed by atoms with van der Waals surface area (Å²) in [7, 11) is -2.79. The maximum Gasteiger partial charge on any atom is 0.151 e. The van der Waals surface area contributed by atoms with Crippen LogP contribution >= 0.6 is 0 Å². The van der Waals surface area contributed by atoms with E-state index in [0.717, 1.165) is 50.6 Å². The van der Waals surface area contributed by atoms with Gasteiger partial charge in [-0.2, -0.15) is 5.10 Å². The fraction of sp³-hybridized carbons (Fsp3) is 0.889. The minimum atomic E-state index is -2.79. The molecule has 1 unspecified atom stereocenters. The number of likely N-dealkylation sites (tertiary alicyclic amines) is 1. The van der Waals surface area contributed by atoms with Crippen molar-refractivity contribution in [3.8, 4) is 0 Å². The number of aromatic nitrogens is 3. The molecule has 1 aliphatic carbocycles. The van der Waals surface area contributed by atoms with Crippen molar-refractivity contribution in [3.05, 3.63) is 12.2 Å². The Kier molecular flexibility index (Phi) is 5.13. The zero-order chi connectivity index (χ0) is 17.3. The van der Waals surface area contributed by atoms with Crippen molar-refractivity contribution >= 4 is 9.84 Å². The van der Waals surface area contributed by atoms with E-state index in [9.17, 15) is 8.42 Å². The highest BCUT2D eigenvalue weighted by Crippen LogP contribution is 2.31. The number of hydrogen-bond acceptors (Lipinski definition) is 5. The van der Waals surface area contributed by atoms with Crippen LogP contribution in [0.2, 0.25) is 0 Å². The summed E-state index contributed by atoms with van der Waals surface area (Å²) in [6.45, 7) is 3.00. The van der Waals surface area contributed by atoms with E-state index < -0.39 is 9.84 Å². The average molecular weight is 367 g/mol. The van der Waals surface area contributed by atoms with Gasteiger partial charge in [-0.15, -0.1) is 0 Å². The maximum atomic E-state index is 11.7. The molecule has 1 saturated carbocycles. The molecule has 0 aromatic carbocycles. The smallest absolute Gasteiger partial charge is 0.151 e. The zero-order valence-corrected chi connectivity index (χ0v) is 15.8. The van der Waals surface area contributed by atoms with Gasteiger partial charge in [0.05, 0.1) is 11.5 Å². The van der Waals surface area contributed by atoms with Crippen LogP contribution < -0.4 is 0 Å². The lowest BCUT2D eigenvalue weighted by atomic mass is 9.89. The first-order valence-corrected chi connectivity index (χ1v) is 11.7. The van der Waals surface area contributed by atoms with Crippen LogP contribution in [0.25, 0.3) is 0 Å². The van der Waals surface area contributed by atoms with E-state index >= 15 is 0 Å². The van der Waals surface area contributed by atoms with Gasteiger partial charge < -0.3 is 0 Å². The number of rotatable bonds is 4. The summed E-state index contributed by atoms with van der Waals surface area (Å²) >= 11 is 0. The van der Waals surface area contributed by atoms with Gasteiger partial charge in [0.25, 0.3) is 0 Å². The van der Waals surface area contributed by atoms with Crippen LogP contribution in [0.15, 0.2) is 6.33 Å². The second-order valence-corrected chi connectivity index (χ2v) is 10.4. The lowest BCUT2D eigenvalue weighted by molar-refractivity contribution is 0.160. The fourth-order valence-corrected chi connectivity index (χ4v) is 6.69. The van der Waals surface area contributed by atoms with Crippen LogP contribution in [0, 0.1) is 5.92 Å². The molecule has 7 heteroatoms. The topological polar surface area (TPSA) is 68.1 Å². The summed E-state index contributed by atoms with van der Waals surface area (Å²) in [5.74, 6) is 3.12. The van der Waals surface area contributed by atoms with E-state index in [1.54, 1.807) is 6.33 Å². The second-order valence-electron chi connectivity index (χ2n) is 8.17. The van der Waals surface area contributed by atoms with Crippen LogP contribution in [-0.4, -0.2) is 58.7 Å². The lowest BCUT2D eigenvalue weighted by Crippen LogP contribution is -2.42. The highest BCUT2D eigenvalue weighted by Gasteiger charge is 2.35. The molecule has 3 aliphatic rings. The molecule has 0 amide bonds. The number of nitrogens with zero attached hydrogens (tertiary/aromatic N) is 4. The summed E-state index contributed by atoms with van der Waals surface area (Å²) in [5.41, 5.74) is 0. The quantitative estimate of drug-likeness (QED) is 0.817. The van der Waals surface area contributed by atoms with Gasteiger partial charge in [-0.1, -0.05) is 19.3 Å². The van der Waals surface area contributed by atoms with Crippen molar-refractivity contribution in [2.45, 2.75) is 69.9 Å². The maximum absolute atomic E-state index is 11.7. The summed E-state index contributed by atoms with van der Waals surface area (Å²) in [6.07, 6.45) is 11.4. The Bertz CT molecular complexity index is 673. The lowest BCUT2D eigenvalue weighted by Gasteiger charge is -2.35. The Morgan fingerprint density at radius 3 is 2.48 bits per heavy atom. The predicted octanol–water partition coefficient (Wildman–Crippen LogP) is 2.22. The Morgan fingerprint density at radius 1 is 1.04 bits per heavy atom. The van der Waals surface area contributed by atoms with Crippen molar-refractivity contribution < 1.29 is 8.42 Å². The number of hydrogen-bond donors (Lipinski definition) is 0. The third-order valence-corrected chi connectivity index (χ3v) is 8.17. The van der Waals surface area contributed by atoms with E-state index in [4.69, 9.17) is 0 Å². The van der Waals surface area contributed by atoms with Crippen LogP contribution in [0.5, 0.6) is 0 Å².